The smallest absolute Gasteiger partial charge is 0.355 e. The van der Waals surface area contributed by atoms with Crippen LogP contribution in [-0.4, -0.2) is 20.9 Å². The number of rotatable bonds is 3. The van der Waals surface area contributed by atoms with Crippen molar-refractivity contribution >= 4 is 40.8 Å². The van der Waals surface area contributed by atoms with Crippen LogP contribution in [0.5, 0.6) is 0 Å². The molecular formula is C13H13Cl2N5O2. The van der Waals surface area contributed by atoms with Gasteiger partial charge in [-0.25, -0.2) is 4.79 Å². The van der Waals surface area contributed by atoms with Gasteiger partial charge >= 0.3 is 5.97 Å². The van der Waals surface area contributed by atoms with Crippen LogP contribution in [-0.2, 0) is 4.79 Å². The number of anilines is 1. The van der Waals surface area contributed by atoms with Gasteiger partial charge in [-0.3, -0.25) is 0 Å². The fourth-order valence-corrected chi connectivity index (χ4v) is 2.26. The molecule has 2 rings (SSSR count). The maximum Gasteiger partial charge on any atom is 0.355 e. The highest BCUT2D eigenvalue weighted by molar-refractivity contribution is 6.42. The summed E-state index contributed by atoms with van der Waals surface area (Å²) in [7, 11) is 0. The lowest BCUT2D eigenvalue weighted by atomic mass is 10.1. The number of halogens is 2. The Morgan fingerprint density at radius 3 is 2.45 bits per heavy atom. The van der Waals surface area contributed by atoms with Gasteiger partial charge in [0.1, 0.15) is 5.82 Å². The Hall–Kier alpha value is -2.38. The largest absolute Gasteiger partial charge is 0.476 e. The van der Waals surface area contributed by atoms with Crippen molar-refractivity contribution in [2.75, 3.05) is 5.73 Å². The quantitative estimate of drug-likeness (QED) is 0.629. The van der Waals surface area contributed by atoms with Gasteiger partial charge in [0, 0.05) is 5.56 Å². The molecule has 0 saturated heterocycles. The van der Waals surface area contributed by atoms with E-state index in [-0.39, 0.29) is 11.6 Å². The van der Waals surface area contributed by atoms with Crippen LogP contribution in [0.4, 0.5) is 5.82 Å². The summed E-state index contributed by atoms with van der Waals surface area (Å²) in [5.74, 6) is -1.47. The molecule has 0 aliphatic rings. The summed E-state index contributed by atoms with van der Waals surface area (Å²) < 4.78 is 1.08. The van der Waals surface area contributed by atoms with E-state index in [4.69, 9.17) is 45.5 Å². The van der Waals surface area contributed by atoms with E-state index >= 15 is 0 Å². The number of aryl methyl sites for hydroxylation is 1. The van der Waals surface area contributed by atoms with E-state index in [2.05, 4.69) is 5.10 Å². The van der Waals surface area contributed by atoms with Crippen molar-refractivity contribution < 1.29 is 9.90 Å². The molecule has 7 N–H and O–H groups in total. The van der Waals surface area contributed by atoms with Crippen molar-refractivity contribution in [2.24, 2.45) is 11.5 Å². The van der Waals surface area contributed by atoms with Crippen LogP contribution < -0.4 is 17.2 Å². The van der Waals surface area contributed by atoms with Crippen LogP contribution in [0.15, 0.2) is 23.9 Å². The van der Waals surface area contributed by atoms with Crippen molar-refractivity contribution in [1.82, 2.24) is 9.78 Å². The topological polar surface area (TPSA) is 133 Å². The minimum absolute atomic E-state index is 0.151. The number of carboxylic acids is 1. The molecule has 1 heterocycles. The third-order valence-corrected chi connectivity index (χ3v) is 3.78. The number of aliphatic carboxylic acids is 1. The summed E-state index contributed by atoms with van der Waals surface area (Å²) in [6.45, 7) is 1.70. The number of hydrogen-bond donors (Lipinski definition) is 4. The average molecular weight is 342 g/mol. The predicted octanol–water partition coefficient (Wildman–Crippen LogP) is 1.88. The highest BCUT2D eigenvalue weighted by Gasteiger charge is 2.19. The zero-order valence-electron chi connectivity index (χ0n) is 11.5. The fourth-order valence-electron chi connectivity index (χ4n) is 1.96. The Balaban J connectivity index is 2.64. The van der Waals surface area contributed by atoms with Gasteiger partial charge in [0.05, 0.1) is 15.7 Å². The van der Waals surface area contributed by atoms with E-state index in [0.717, 1.165) is 4.68 Å². The second-order valence-corrected chi connectivity index (χ2v) is 5.30. The lowest BCUT2D eigenvalue weighted by Gasteiger charge is -2.07. The van der Waals surface area contributed by atoms with Gasteiger partial charge < -0.3 is 22.3 Å². The molecule has 0 aliphatic carbocycles. The highest BCUT2D eigenvalue weighted by atomic mass is 35.5. The molecule has 0 saturated carbocycles. The number of hydrogen-bond acceptors (Lipinski definition) is 5. The van der Waals surface area contributed by atoms with Crippen LogP contribution >= 0.6 is 23.2 Å². The molecule has 0 fully saturated rings. The molecule has 9 heteroatoms. The molecular weight excluding hydrogens is 329 g/mol. The highest BCUT2D eigenvalue weighted by Crippen LogP contribution is 2.34. The zero-order valence-corrected chi connectivity index (χ0v) is 13.0. The molecule has 116 valence electrons. The lowest BCUT2D eigenvalue weighted by Crippen LogP contribution is -2.22. The second kappa shape index (κ2) is 5.78. The lowest BCUT2D eigenvalue weighted by molar-refractivity contribution is -0.132. The fraction of sp³-hybridized carbons (Fsp3) is 0.0769. The summed E-state index contributed by atoms with van der Waals surface area (Å²) in [5.41, 5.74) is 18.4. The molecule has 1 aromatic carbocycles. The molecule has 2 aromatic rings. The molecule has 0 atom stereocenters. The third kappa shape index (κ3) is 2.68. The first-order valence-corrected chi connectivity index (χ1v) is 6.79. The van der Waals surface area contributed by atoms with Gasteiger partial charge in [-0.2, -0.15) is 9.78 Å². The molecule has 0 radical (unpaired) electrons. The van der Waals surface area contributed by atoms with E-state index < -0.39 is 11.7 Å². The van der Waals surface area contributed by atoms with E-state index in [0.29, 0.717) is 26.9 Å². The molecule has 0 amide bonds. The maximum atomic E-state index is 10.9. The van der Waals surface area contributed by atoms with Crippen molar-refractivity contribution in [3.05, 3.63) is 39.6 Å². The monoisotopic (exact) mass is 341 g/mol. The first-order chi connectivity index (χ1) is 10.2. The Morgan fingerprint density at radius 2 is 1.91 bits per heavy atom. The SMILES string of the molecule is Cc1nn(/C(N)=C(\N)C(=O)O)c(N)c1-c1ccc(Cl)c(Cl)c1. The molecule has 7 nitrogen and oxygen atoms in total. The standard InChI is InChI=1S/C13H13Cl2N5O2/c1-5-9(6-2-3-7(14)8(15)4-6)11(17)20(19-5)12(18)10(16)13(21)22/h2-4H,16-18H2,1H3,(H,21,22)/b12-10-. The molecule has 0 unspecified atom stereocenters. The Morgan fingerprint density at radius 1 is 1.27 bits per heavy atom. The summed E-state index contributed by atoms with van der Waals surface area (Å²) in [5, 5.41) is 13.8. The van der Waals surface area contributed by atoms with E-state index in [9.17, 15) is 4.79 Å². The van der Waals surface area contributed by atoms with Gasteiger partial charge in [-0.15, -0.1) is 0 Å². The van der Waals surface area contributed by atoms with Crippen LogP contribution in [0.3, 0.4) is 0 Å². The van der Waals surface area contributed by atoms with Crippen LogP contribution in [0.1, 0.15) is 5.69 Å². The molecule has 0 spiro atoms. The van der Waals surface area contributed by atoms with Crippen molar-refractivity contribution in [2.45, 2.75) is 6.92 Å². The van der Waals surface area contributed by atoms with Gasteiger partial charge in [0.2, 0.25) is 0 Å². The third-order valence-electron chi connectivity index (χ3n) is 3.04. The number of nitrogen functional groups attached to an aromatic ring is 1. The van der Waals surface area contributed by atoms with Crippen molar-refractivity contribution in [3.8, 4) is 11.1 Å². The Bertz CT molecular complexity index is 798. The normalized spacial score (nSPS) is 12.1. The van der Waals surface area contributed by atoms with Crippen LogP contribution in [0.25, 0.3) is 16.9 Å². The number of nitrogens with two attached hydrogens (primary N) is 3. The second-order valence-electron chi connectivity index (χ2n) is 4.49. The van der Waals surface area contributed by atoms with E-state index in [1.165, 1.54) is 0 Å². The van der Waals surface area contributed by atoms with Crippen molar-refractivity contribution in [1.29, 1.82) is 0 Å². The first kappa shape index (κ1) is 16.0. The maximum absolute atomic E-state index is 10.9. The average Bonchev–Trinajstić information content (AvgIpc) is 2.75. The molecule has 0 bridgehead atoms. The van der Waals surface area contributed by atoms with Crippen molar-refractivity contribution in [3.63, 3.8) is 0 Å². The minimum atomic E-state index is -1.36. The van der Waals surface area contributed by atoms with Crippen LogP contribution in [0, 0.1) is 6.92 Å². The van der Waals surface area contributed by atoms with Gasteiger partial charge in [-0.1, -0.05) is 29.3 Å². The molecule has 22 heavy (non-hydrogen) atoms. The summed E-state index contributed by atoms with van der Waals surface area (Å²) >= 11 is 11.9. The Kier molecular flexibility index (Phi) is 4.20. The van der Waals surface area contributed by atoms with E-state index in [1.54, 1.807) is 25.1 Å². The molecule has 0 aliphatic heterocycles. The first-order valence-electron chi connectivity index (χ1n) is 6.03. The minimum Gasteiger partial charge on any atom is -0.476 e. The van der Waals surface area contributed by atoms with Crippen LogP contribution in [0.2, 0.25) is 10.0 Å². The number of carbonyl (C=O) groups is 1. The number of benzene rings is 1. The van der Waals surface area contributed by atoms with Gasteiger partial charge in [0.25, 0.3) is 0 Å². The van der Waals surface area contributed by atoms with E-state index in [1.807, 2.05) is 0 Å². The summed E-state index contributed by atoms with van der Waals surface area (Å²) in [6.07, 6.45) is 0. The van der Waals surface area contributed by atoms with Gasteiger partial charge in [-0.05, 0) is 24.6 Å². The predicted molar refractivity (Wildman–Crippen MR) is 86.1 cm³/mol. The Labute approximate surface area is 135 Å². The summed E-state index contributed by atoms with van der Waals surface area (Å²) in [6, 6.07) is 4.98. The zero-order chi connectivity index (χ0) is 16.6. The molecule has 1 aromatic heterocycles. The number of nitrogens with zero attached hydrogens (tertiary/aromatic N) is 2. The van der Waals surface area contributed by atoms with Gasteiger partial charge in [0.15, 0.2) is 11.5 Å². The number of carboxylic acid groups (broad SMARTS) is 1. The summed E-state index contributed by atoms with van der Waals surface area (Å²) in [4.78, 5) is 10.9. The number of aromatic nitrogens is 2.